The van der Waals surface area contributed by atoms with Crippen molar-refractivity contribution < 1.29 is 37.6 Å². The zero-order valence-electron chi connectivity index (χ0n) is 56.9. The van der Waals surface area contributed by atoms with E-state index in [0.717, 1.165) is 109 Å². The van der Waals surface area contributed by atoms with Gasteiger partial charge in [0.15, 0.2) is 6.10 Å². The highest BCUT2D eigenvalue weighted by Gasteiger charge is 2.26. The average Bonchev–Trinajstić information content (AvgIpc) is 3.68. The van der Waals surface area contributed by atoms with E-state index in [9.17, 15) is 19.0 Å². The summed E-state index contributed by atoms with van der Waals surface area (Å²) in [5, 5.41) is 0. The molecule has 0 saturated heterocycles. The first-order chi connectivity index (χ1) is 43.8. The Morgan fingerprint density at radius 1 is 0.348 bits per heavy atom. The number of ether oxygens (including phenoxy) is 2. The third-order valence-corrected chi connectivity index (χ3v) is 15.9. The van der Waals surface area contributed by atoms with Crippen LogP contribution in [0.15, 0.2) is 158 Å². The van der Waals surface area contributed by atoms with Crippen LogP contribution >= 0.6 is 7.82 Å². The van der Waals surface area contributed by atoms with Crippen molar-refractivity contribution in [1.82, 2.24) is 0 Å². The number of rotatable bonds is 66. The maximum atomic E-state index is 12.8. The van der Waals surface area contributed by atoms with Gasteiger partial charge in [-0.3, -0.25) is 18.6 Å². The van der Waals surface area contributed by atoms with Crippen LogP contribution in [-0.4, -0.2) is 49.3 Å². The summed E-state index contributed by atoms with van der Waals surface area (Å²) in [5.41, 5.74) is 5.40. The van der Waals surface area contributed by atoms with Crippen LogP contribution in [0.5, 0.6) is 0 Å². The Bertz CT molecular complexity index is 2020. The Morgan fingerprint density at radius 2 is 0.618 bits per heavy atom. The monoisotopic (exact) mass is 1250 g/mol. The standard InChI is InChI=1S/C79H132NO8P/c1-3-5-7-9-11-13-15-17-19-21-23-25-27-29-31-33-34-35-36-37-38-39-40-41-42-44-46-48-50-52-54-56-58-60-62-64-66-68-70-72-79(82)88-77(76-87-89(83,84)86-74-73-80)75-85-78(81)71-69-67-65-63-61-59-57-55-53-51-49-47-45-43-32-30-28-26-24-22-20-18-16-14-12-10-8-6-4-2/h5,7,11,13,17,19,22-25,29,31,34-35,37-38,40-41,44,46,50,52,56,58,62,64,77H,3-4,6,8-10,12,14-16,18,20-21,26-28,30,32-33,36,39,42-43,45,47-49,51,53-55,57,59-61,63,65-76,80H2,1-2H3,(H,83,84)/b7-5-,13-11-,19-17-,24-22-,25-23-,31-29-,35-34-,38-37-,41-40-,46-44-,52-50-,58-56-,64-62-. The van der Waals surface area contributed by atoms with Gasteiger partial charge in [-0.2, -0.15) is 0 Å². The molecule has 3 N–H and O–H groups in total. The van der Waals surface area contributed by atoms with Crippen molar-refractivity contribution in [1.29, 1.82) is 0 Å². The Kier molecular flexibility index (Phi) is 69.1. The molecule has 0 saturated carbocycles. The number of carbonyl (C=O) groups is 2. The second-order valence-corrected chi connectivity index (χ2v) is 24.8. The molecule has 0 aliphatic carbocycles. The van der Waals surface area contributed by atoms with Crippen molar-refractivity contribution in [2.45, 2.75) is 302 Å². The van der Waals surface area contributed by atoms with E-state index in [1.54, 1.807) is 0 Å². The smallest absolute Gasteiger partial charge is 0.462 e. The van der Waals surface area contributed by atoms with Gasteiger partial charge in [0, 0.05) is 19.4 Å². The van der Waals surface area contributed by atoms with E-state index >= 15 is 0 Å². The van der Waals surface area contributed by atoms with E-state index < -0.39 is 32.5 Å². The molecule has 10 heteroatoms. The van der Waals surface area contributed by atoms with Crippen LogP contribution in [0.1, 0.15) is 296 Å². The van der Waals surface area contributed by atoms with Crippen molar-refractivity contribution >= 4 is 19.8 Å². The topological polar surface area (TPSA) is 134 Å². The molecule has 0 aromatic heterocycles. The molecule has 0 aromatic carbocycles. The third-order valence-electron chi connectivity index (χ3n) is 14.9. The number of phosphoric ester groups is 1. The lowest BCUT2D eigenvalue weighted by Crippen LogP contribution is -2.29. The molecule has 0 fully saturated rings. The van der Waals surface area contributed by atoms with Gasteiger partial charge in [-0.1, -0.05) is 313 Å². The normalized spacial score (nSPS) is 13.9. The number of hydrogen-bond acceptors (Lipinski definition) is 8. The fourth-order valence-electron chi connectivity index (χ4n) is 9.61. The summed E-state index contributed by atoms with van der Waals surface area (Å²) >= 11 is 0. The van der Waals surface area contributed by atoms with Gasteiger partial charge in [0.2, 0.25) is 0 Å². The molecule has 89 heavy (non-hydrogen) atoms. The second kappa shape index (κ2) is 72.7. The zero-order chi connectivity index (χ0) is 64.4. The highest BCUT2D eigenvalue weighted by molar-refractivity contribution is 7.47. The average molecular weight is 1250 g/mol. The van der Waals surface area contributed by atoms with Crippen LogP contribution in [0, 0.1) is 0 Å². The largest absolute Gasteiger partial charge is 0.472 e. The highest BCUT2D eigenvalue weighted by Crippen LogP contribution is 2.43. The van der Waals surface area contributed by atoms with Crippen LogP contribution < -0.4 is 5.73 Å². The summed E-state index contributed by atoms with van der Waals surface area (Å²) < 4.78 is 33.1. The molecule has 0 aliphatic heterocycles. The van der Waals surface area contributed by atoms with E-state index in [0.29, 0.717) is 6.42 Å². The van der Waals surface area contributed by atoms with Crippen LogP contribution in [-0.2, 0) is 32.7 Å². The Morgan fingerprint density at radius 3 is 0.955 bits per heavy atom. The van der Waals surface area contributed by atoms with Crippen molar-refractivity contribution in [2.24, 2.45) is 5.73 Å². The lowest BCUT2D eigenvalue weighted by molar-refractivity contribution is -0.161. The summed E-state index contributed by atoms with van der Waals surface area (Å²) in [6.45, 7) is 3.59. The van der Waals surface area contributed by atoms with E-state index in [4.69, 9.17) is 24.3 Å². The second-order valence-electron chi connectivity index (χ2n) is 23.4. The molecule has 0 amide bonds. The molecule has 0 spiro atoms. The minimum Gasteiger partial charge on any atom is -0.462 e. The number of esters is 2. The van der Waals surface area contributed by atoms with Crippen LogP contribution in [0.4, 0.5) is 0 Å². The minimum atomic E-state index is -4.42. The number of phosphoric acid groups is 1. The van der Waals surface area contributed by atoms with Gasteiger partial charge in [-0.05, 0) is 128 Å². The summed E-state index contributed by atoms with van der Waals surface area (Å²) in [6, 6.07) is 0. The summed E-state index contributed by atoms with van der Waals surface area (Å²) in [4.78, 5) is 35.3. The molecular weight excluding hydrogens is 1120 g/mol. The van der Waals surface area contributed by atoms with Crippen molar-refractivity contribution in [3.05, 3.63) is 158 Å². The molecule has 0 radical (unpaired) electrons. The summed E-state index contributed by atoms with van der Waals surface area (Å²) in [6.07, 6.45) is 106. The van der Waals surface area contributed by atoms with Gasteiger partial charge < -0.3 is 20.1 Å². The van der Waals surface area contributed by atoms with E-state index in [1.165, 1.54) is 154 Å². The molecule has 506 valence electrons. The zero-order valence-corrected chi connectivity index (χ0v) is 57.8. The fraction of sp³-hybridized carbons (Fsp3) is 0.646. The quantitative estimate of drug-likeness (QED) is 0.0264. The Labute approximate surface area is 547 Å². The van der Waals surface area contributed by atoms with Gasteiger partial charge >= 0.3 is 19.8 Å². The third kappa shape index (κ3) is 72.6. The molecule has 2 atom stereocenters. The van der Waals surface area contributed by atoms with Crippen LogP contribution in [0.3, 0.4) is 0 Å². The van der Waals surface area contributed by atoms with Crippen LogP contribution in [0.2, 0.25) is 0 Å². The lowest BCUT2D eigenvalue weighted by atomic mass is 10.0. The van der Waals surface area contributed by atoms with Gasteiger partial charge in [-0.25, -0.2) is 4.57 Å². The van der Waals surface area contributed by atoms with Gasteiger partial charge in [0.1, 0.15) is 6.61 Å². The lowest BCUT2D eigenvalue weighted by Gasteiger charge is -2.19. The molecule has 0 bridgehead atoms. The van der Waals surface area contributed by atoms with Crippen molar-refractivity contribution in [2.75, 3.05) is 26.4 Å². The maximum Gasteiger partial charge on any atom is 0.472 e. The molecule has 2 unspecified atom stereocenters. The number of hydrogen-bond donors (Lipinski definition) is 2. The predicted molar refractivity (Wildman–Crippen MR) is 385 cm³/mol. The Balaban J connectivity index is 4.02. The van der Waals surface area contributed by atoms with Gasteiger partial charge in [0.05, 0.1) is 13.2 Å². The van der Waals surface area contributed by atoms with Crippen molar-refractivity contribution in [3.8, 4) is 0 Å². The van der Waals surface area contributed by atoms with E-state index in [-0.39, 0.29) is 32.6 Å². The fourth-order valence-corrected chi connectivity index (χ4v) is 10.4. The number of carbonyl (C=O) groups excluding carboxylic acids is 2. The Hall–Kier alpha value is -4.37. The number of nitrogens with two attached hydrogens (primary N) is 1. The first-order valence-corrected chi connectivity index (χ1v) is 37.5. The van der Waals surface area contributed by atoms with Crippen molar-refractivity contribution in [3.63, 3.8) is 0 Å². The van der Waals surface area contributed by atoms with Gasteiger partial charge in [0.25, 0.3) is 0 Å². The number of allylic oxidation sites excluding steroid dienone is 26. The van der Waals surface area contributed by atoms with Crippen LogP contribution in [0.25, 0.3) is 0 Å². The summed E-state index contributed by atoms with van der Waals surface area (Å²) in [5.74, 6) is -0.881. The maximum absolute atomic E-state index is 12.8. The predicted octanol–water partition coefficient (Wildman–Crippen LogP) is 24.0. The van der Waals surface area contributed by atoms with E-state index in [1.807, 2.05) is 0 Å². The molecule has 0 heterocycles. The molecular formula is C79H132NO8P. The SMILES string of the molecule is CC/C=C\C/C=C\C/C=C\C/C=C\C/C=C\C/C=C\C/C=C\C/C=C\C/C=C\C/C=C\C/C=C\C/C=C\CCCCC(=O)OC(COC(=O)CCCCCCCCCCCCCCCCCCC/C=C\CCCCCCCCCC)COP(=O)(O)OCCN. The summed E-state index contributed by atoms with van der Waals surface area (Å²) in [7, 11) is -4.42. The molecule has 0 aliphatic rings. The molecule has 0 rings (SSSR count). The minimum absolute atomic E-state index is 0.0391. The first kappa shape index (κ1) is 84.6. The molecule has 9 nitrogen and oxygen atoms in total. The molecule has 0 aromatic rings. The highest BCUT2D eigenvalue weighted by atomic mass is 31.2. The first-order valence-electron chi connectivity index (χ1n) is 36.0. The number of unbranched alkanes of at least 4 members (excludes halogenated alkanes) is 27. The van der Waals surface area contributed by atoms with Gasteiger partial charge in [-0.15, -0.1) is 0 Å². The van der Waals surface area contributed by atoms with E-state index in [2.05, 4.69) is 172 Å².